The first-order valence-corrected chi connectivity index (χ1v) is 12.2. The lowest BCUT2D eigenvalue weighted by Crippen LogP contribution is -2.54. The molecule has 32 heavy (non-hydrogen) atoms. The van der Waals surface area contributed by atoms with E-state index in [-0.39, 0.29) is 29.9 Å². The zero-order valence-electron chi connectivity index (χ0n) is 18.6. The van der Waals surface area contributed by atoms with Crippen molar-refractivity contribution < 1.29 is 9.21 Å². The van der Waals surface area contributed by atoms with Gasteiger partial charge in [0.05, 0.1) is 12.8 Å². The largest absolute Gasteiger partial charge is 0.469 e. The SMILES string of the molecule is I.O=C(CN1CCN(C(=NCCc2cccs2)NCCc2ccco2)CC1)N1CCCC1. The third-order valence-electron chi connectivity index (χ3n) is 5.92. The highest BCUT2D eigenvalue weighted by Gasteiger charge is 2.24. The molecule has 2 aromatic heterocycles. The Morgan fingerprint density at radius 1 is 1.03 bits per heavy atom. The van der Waals surface area contributed by atoms with E-state index in [9.17, 15) is 4.79 Å². The van der Waals surface area contributed by atoms with E-state index >= 15 is 0 Å². The maximum atomic E-state index is 12.5. The van der Waals surface area contributed by atoms with E-state index in [1.165, 1.54) is 4.88 Å². The average molecular weight is 572 g/mol. The number of rotatable bonds is 8. The molecular formula is C23H34IN5O2S. The Labute approximate surface area is 211 Å². The van der Waals surface area contributed by atoms with Gasteiger partial charge in [0, 0.05) is 70.1 Å². The molecule has 1 amide bonds. The Morgan fingerprint density at radius 2 is 1.84 bits per heavy atom. The van der Waals surface area contributed by atoms with Gasteiger partial charge in [0.2, 0.25) is 5.91 Å². The maximum Gasteiger partial charge on any atom is 0.236 e. The van der Waals surface area contributed by atoms with Gasteiger partial charge in [-0.1, -0.05) is 6.07 Å². The van der Waals surface area contributed by atoms with Crippen molar-refractivity contribution in [3.8, 4) is 0 Å². The number of likely N-dealkylation sites (tertiary alicyclic amines) is 1. The molecule has 0 spiro atoms. The van der Waals surface area contributed by atoms with Gasteiger partial charge in [0.15, 0.2) is 5.96 Å². The van der Waals surface area contributed by atoms with Gasteiger partial charge in [-0.25, -0.2) is 0 Å². The Balaban J connectivity index is 0.00000289. The van der Waals surface area contributed by atoms with Gasteiger partial charge in [-0.2, -0.15) is 0 Å². The molecule has 0 saturated carbocycles. The smallest absolute Gasteiger partial charge is 0.236 e. The summed E-state index contributed by atoms with van der Waals surface area (Å²) >= 11 is 1.78. The molecule has 7 nitrogen and oxygen atoms in total. The van der Waals surface area contributed by atoms with Crippen molar-refractivity contribution in [1.29, 1.82) is 0 Å². The molecule has 0 aliphatic carbocycles. The molecule has 4 heterocycles. The lowest BCUT2D eigenvalue weighted by atomic mass is 10.3. The number of furan rings is 1. The van der Waals surface area contributed by atoms with Gasteiger partial charge < -0.3 is 19.5 Å². The van der Waals surface area contributed by atoms with E-state index in [1.807, 2.05) is 17.0 Å². The normalized spacial score (nSPS) is 17.4. The fraction of sp³-hybridized carbons (Fsp3) is 0.565. The Bertz CT molecular complexity index is 814. The molecule has 0 unspecified atom stereocenters. The van der Waals surface area contributed by atoms with Crippen molar-refractivity contribution >= 4 is 47.2 Å². The molecule has 2 fully saturated rings. The van der Waals surface area contributed by atoms with Crippen LogP contribution in [0.4, 0.5) is 0 Å². The van der Waals surface area contributed by atoms with Crippen molar-refractivity contribution in [2.75, 3.05) is 58.9 Å². The van der Waals surface area contributed by atoms with E-state index in [2.05, 4.69) is 32.6 Å². The van der Waals surface area contributed by atoms with Crippen LogP contribution in [-0.4, -0.2) is 85.5 Å². The summed E-state index contributed by atoms with van der Waals surface area (Å²) in [6.45, 7) is 7.53. The van der Waals surface area contributed by atoms with Crippen LogP contribution in [0, 0.1) is 0 Å². The van der Waals surface area contributed by atoms with Gasteiger partial charge in [-0.05, 0) is 36.4 Å². The van der Waals surface area contributed by atoms with Gasteiger partial charge >= 0.3 is 0 Å². The third-order valence-corrected chi connectivity index (χ3v) is 6.86. The second-order valence-corrected chi connectivity index (χ2v) is 9.17. The minimum absolute atomic E-state index is 0. The number of halogens is 1. The molecule has 0 radical (unpaired) electrons. The maximum absolute atomic E-state index is 12.5. The molecule has 0 atom stereocenters. The minimum Gasteiger partial charge on any atom is -0.469 e. The molecule has 1 N–H and O–H groups in total. The van der Waals surface area contributed by atoms with Crippen LogP contribution in [-0.2, 0) is 17.6 Å². The number of hydrogen-bond acceptors (Lipinski definition) is 5. The zero-order chi connectivity index (χ0) is 21.3. The summed E-state index contributed by atoms with van der Waals surface area (Å²) in [6, 6.07) is 8.19. The number of piperazine rings is 1. The summed E-state index contributed by atoms with van der Waals surface area (Å²) in [5.41, 5.74) is 0. The molecule has 2 aromatic rings. The number of aliphatic imine (C=N–C) groups is 1. The first-order chi connectivity index (χ1) is 15.3. The van der Waals surface area contributed by atoms with Crippen LogP contribution in [0.15, 0.2) is 45.3 Å². The van der Waals surface area contributed by atoms with Gasteiger partial charge in [0.1, 0.15) is 5.76 Å². The number of nitrogens with zero attached hydrogens (tertiary/aromatic N) is 4. The summed E-state index contributed by atoms with van der Waals surface area (Å²) < 4.78 is 5.45. The Morgan fingerprint density at radius 3 is 2.53 bits per heavy atom. The number of nitrogens with one attached hydrogen (secondary N) is 1. The third kappa shape index (κ3) is 7.48. The highest BCUT2D eigenvalue weighted by Crippen LogP contribution is 2.11. The number of carbonyl (C=O) groups excluding carboxylic acids is 1. The van der Waals surface area contributed by atoms with Crippen LogP contribution >= 0.6 is 35.3 Å². The molecular weight excluding hydrogens is 537 g/mol. The molecule has 2 saturated heterocycles. The van der Waals surface area contributed by atoms with Gasteiger partial charge in [-0.15, -0.1) is 35.3 Å². The summed E-state index contributed by atoms with van der Waals surface area (Å²) in [4.78, 5) is 25.4. The number of carbonyl (C=O) groups is 1. The van der Waals surface area contributed by atoms with Gasteiger partial charge in [0.25, 0.3) is 0 Å². The fourth-order valence-corrected chi connectivity index (χ4v) is 4.82. The fourth-order valence-electron chi connectivity index (χ4n) is 4.12. The van der Waals surface area contributed by atoms with Crippen LogP contribution in [0.1, 0.15) is 23.5 Å². The molecule has 176 valence electrons. The summed E-state index contributed by atoms with van der Waals surface area (Å²) in [7, 11) is 0. The Kier molecular flexibility index (Phi) is 10.3. The highest BCUT2D eigenvalue weighted by molar-refractivity contribution is 14.0. The molecule has 0 bridgehead atoms. The van der Waals surface area contributed by atoms with E-state index in [4.69, 9.17) is 9.41 Å². The number of hydrogen-bond donors (Lipinski definition) is 1. The lowest BCUT2D eigenvalue weighted by molar-refractivity contribution is -0.131. The summed E-state index contributed by atoms with van der Waals surface area (Å²) in [5.74, 6) is 2.23. The van der Waals surface area contributed by atoms with Crippen LogP contribution in [0.2, 0.25) is 0 Å². The van der Waals surface area contributed by atoms with Gasteiger partial charge in [-0.3, -0.25) is 14.7 Å². The average Bonchev–Trinajstić information content (AvgIpc) is 3.57. The molecule has 2 aliphatic rings. The van der Waals surface area contributed by atoms with E-state index in [0.717, 1.165) is 89.8 Å². The quantitative estimate of drug-likeness (QED) is 0.300. The van der Waals surface area contributed by atoms with Crippen LogP contribution in [0.25, 0.3) is 0 Å². The van der Waals surface area contributed by atoms with Crippen molar-refractivity contribution in [1.82, 2.24) is 20.0 Å². The first kappa shape index (κ1) is 25.0. The predicted molar refractivity (Wildman–Crippen MR) is 140 cm³/mol. The molecule has 4 rings (SSSR count). The molecule has 0 aromatic carbocycles. The second-order valence-electron chi connectivity index (χ2n) is 8.14. The predicted octanol–water partition coefficient (Wildman–Crippen LogP) is 2.93. The number of guanidine groups is 1. The Hall–Kier alpha value is -1.59. The van der Waals surface area contributed by atoms with E-state index in [0.29, 0.717) is 6.54 Å². The minimum atomic E-state index is 0. The topological polar surface area (TPSA) is 64.3 Å². The van der Waals surface area contributed by atoms with Crippen molar-refractivity contribution in [3.63, 3.8) is 0 Å². The van der Waals surface area contributed by atoms with Crippen LogP contribution in [0.3, 0.4) is 0 Å². The summed E-state index contributed by atoms with van der Waals surface area (Å²) in [5, 5.41) is 5.65. The number of thiophene rings is 1. The van der Waals surface area contributed by atoms with Crippen molar-refractivity contribution in [2.45, 2.75) is 25.7 Å². The lowest BCUT2D eigenvalue weighted by Gasteiger charge is -2.36. The highest BCUT2D eigenvalue weighted by atomic mass is 127. The molecule has 2 aliphatic heterocycles. The van der Waals surface area contributed by atoms with E-state index in [1.54, 1.807) is 17.6 Å². The zero-order valence-corrected chi connectivity index (χ0v) is 21.7. The van der Waals surface area contributed by atoms with Crippen LogP contribution < -0.4 is 5.32 Å². The van der Waals surface area contributed by atoms with Crippen LogP contribution in [0.5, 0.6) is 0 Å². The molecule has 9 heteroatoms. The van der Waals surface area contributed by atoms with Crippen molar-refractivity contribution in [3.05, 3.63) is 46.5 Å². The van der Waals surface area contributed by atoms with E-state index < -0.39 is 0 Å². The summed E-state index contributed by atoms with van der Waals surface area (Å²) in [6.07, 6.45) is 5.81. The first-order valence-electron chi connectivity index (χ1n) is 11.4. The number of amides is 1. The monoisotopic (exact) mass is 571 g/mol. The second kappa shape index (κ2) is 13.2. The van der Waals surface area contributed by atoms with Crippen molar-refractivity contribution in [2.24, 2.45) is 4.99 Å². The standard InChI is InChI=1S/C23H33N5O2S.HI/c29-22(27-11-1-2-12-27)19-26-13-15-28(16-14-26)23(24-9-7-20-5-3-17-30-20)25-10-8-21-6-4-18-31-21;/h3-6,17-18H,1-2,7-16,19H2,(H,24,25);1H.